The number of allylic oxidation sites excluding steroid dienone is 1. The summed E-state index contributed by atoms with van der Waals surface area (Å²) < 4.78 is 4.77. The first-order chi connectivity index (χ1) is 7.15. The van der Waals surface area contributed by atoms with Crippen molar-refractivity contribution in [1.29, 1.82) is 0 Å². The summed E-state index contributed by atoms with van der Waals surface area (Å²) >= 11 is 0. The van der Waals surface area contributed by atoms with Crippen molar-refractivity contribution >= 4 is 11.5 Å². The van der Waals surface area contributed by atoms with E-state index in [2.05, 4.69) is 6.58 Å². The molecule has 0 aliphatic rings. The molecule has 0 radical (unpaired) electrons. The van der Waals surface area contributed by atoms with Gasteiger partial charge in [0.15, 0.2) is 0 Å². The van der Waals surface area contributed by atoms with E-state index in [9.17, 15) is 4.79 Å². The average molecular weight is 206 g/mol. The highest BCUT2D eigenvalue weighted by Gasteiger charge is 2.05. The zero-order valence-electron chi connectivity index (χ0n) is 8.69. The summed E-state index contributed by atoms with van der Waals surface area (Å²) in [5.41, 5.74) is 2.42. The van der Waals surface area contributed by atoms with Crippen LogP contribution in [0, 0.1) is 0 Å². The van der Waals surface area contributed by atoms with Crippen LogP contribution in [0.15, 0.2) is 30.8 Å². The topological polar surface area (TPSA) is 46.5 Å². The van der Waals surface area contributed by atoms with Crippen molar-refractivity contribution in [2.45, 2.75) is 6.92 Å². The first-order valence-corrected chi connectivity index (χ1v) is 4.69. The van der Waals surface area contributed by atoms with Gasteiger partial charge in [-0.1, -0.05) is 24.3 Å². The molecule has 0 unspecified atom stereocenters. The Morgan fingerprint density at radius 2 is 1.87 bits per heavy atom. The summed E-state index contributed by atoms with van der Waals surface area (Å²) in [5, 5.41) is 8.49. The van der Waals surface area contributed by atoms with Gasteiger partial charge in [-0.2, -0.15) is 0 Å². The predicted molar refractivity (Wildman–Crippen MR) is 58.5 cm³/mol. The maximum Gasteiger partial charge on any atom is 0.338 e. The molecule has 3 nitrogen and oxygen atoms in total. The highest BCUT2D eigenvalue weighted by molar-refractivity contribution is 5.89. The minimum atomic E-state index is -0.419. The Labute approximate surface area is 89.0 Å². The van der Waals surface area contributed by atoms with Crippen LogP contribution in [0.2, 0.25) is 0 Å². The molecule has 0 amide bonds. The van der Waals surface area contributed by atoms with Gasteiger partial charge in [0.2, 0.25) is 0 Å². The molecule has 1 aromatic rings. The van der Waals surface area contributed by atoms with Crippen LogP contribution in [-0.4, -0.2) is 24.3 Å². The molecule has 80 valence electrons. The van der Waals surface area contributed by atoms with E-state index in [0.29, 0.717) is 5.56 Å². The molecule has 0 fully saturated rings. The predicted octanol–water partition coefficient (Wildman–Crippen LogP) is 1.87. The number of benzene rings is 1. The lowest BCUT2D eigenvalue weighted by atomic mass is 10.1. The Morgan fingerprint density at radius 1 is 1.33 bits per heavy atom. The van der Waals surface area contributed by atoms with Crippen LogP contribution in [0.25, 0.3) is 5.57 Å². The van der Waals surface area contributed by atoms with Gasteiger partial charge in [-0.3, -0.25) is 0 Å². The molecule has 15 heavy (non-hydrogen) atoms. The van der Waals surface area contributed by atoms with Crippen molar-refractivity contribution in [2.24, 2.45) is 0 Å². The molecule has 0 saturated heterocycles. The second-order valence-electron chi connectivity index (χ2n) is 3.22. The molecule has 0 heterocycles. The third kappa shape index (κ3) is 3.22. The summed E-state index contributed by atoms with van der Waals surface area (Å²) in [4.78, 5) is 11.3. The van der Waals surface area contributed by atoms with Crippen molar-refractivity contribution in [3.05, 3.63) is 42.0 Å². The van der Waals surface area contributed by atoms with Crippen LogP contribution in [0.3, 0.4) is 0 Å². The zero-order chi connectivity index (χ0) is 11.3. The summed E-state index contributed by atoms with van der Waals surface area (Å²) in [6.07, 6.45) is 0. The molecule has 0 aliphatic heterocycles. The van der Waals surface area contributed by atoms with Gasteiger partial charge in [-0.25, -0.2) is 4.79 Å². The maximum atomic E-state index is 11.3. The lowest BCUT2D eigenvalue weighted by Crippen LogP contribution is -2.08. The Bertz CT molecular complexity index is 352. The van der Waals surface area contributed by atoms with E-state index in [4.69, 9.17) is 9.84 Å². The highest BCUT2D eigenvalue weighted by atomic mass is 16.5. The number of carbonyl (C=O) groups excluding carboxylic acids is 1. The Morgan fingerprint density at radius 3 is 2.33 bits per heavy atom. The maximum absolute atomic E-state index is 11.3. The summed E-state index contributed by atoms with van der Waals surface area (Å²) in [7, 11) is 0. The largest absolute Gasteiger partial charge is 0.460 e. The molecule has 0 aromatic heterocycles. The second kappa shape index (κ2) is 5.32. The standard InChI is InChI=1S/C12H14O3/c1-9(2)10-3-5-11(6-4-10)12(14)15-8-7-13/h3-6,13H,1,7-8H2,2H3. The summed E-state index contributed by atoms with van der Waals surface area (Å²) in [5.74, 6) is -0.419. The molecule has 0 saturated carbocycles. The van der Waals surface area contributed by atoms with E-state index < -0.39 is 5.97 Å². The van der Waals surface area contributed by atoms with Gasteiger partial charge in [-0.05, 0) is 24.6 Å². The van der Waals surface area contributed by atoms with Gasteiger partial charge < -0.3 is 9.84 Å². The molecule has 0 spiro atoms. The minimum absolute atomic E-state index is 0.0288. The fourth-order valence-electron chi connectivity index (χ4n) is 1.11. The van der Waals surface area contributed by atoms with Gasteiger partial charge in [0.25, 0.3) is 0 Å². The zero-order valence-corrected chi connectivity index (χ0v) is 8.69. The Balaban J connectivity index is 2.71. The second-order valence-corrected chi connectivity index (χ2v) is 3.22. The van der Waals surface area contributed by atoms with Crippen LogP contribution in [0.1, 0.15) is 22.8 Å². The Kier molecular flexibility index (Phi) is 4.06. The summed E-state index contributed by atoms with van der Waals surface area (Å²) in [6.45, 7) is 5.57. The van der Waals surface area contributed by atoms with E-state index in [-0.39, 0.29) is 13.2 Å². The van der Waals surface area contributed by atoms with E-state index in [0.717, 1.165) is 11.1 Å². The van der Waals surface area contributed by atoms with Crippen molar-refractivity contribution < 1.29 is 14.6 Å². The molecule has 0 aliphatic carbocycles. The van der Waals surface area contributed by atoms with Gasteiger partial charge in [0.05, 0.1) is 12.2 Å². The van der Waals surface area contributed by atoms with E-state index in [1.165, 1.54) is 0 Å². The van der Waals surface area contributed by atoms with Crippen LogP contribution in [0.4, 0.5) is 0 Å². The smallest absolute Gasteiger partial charge is 0.338 e. The molecule has 1 N–H and O–H groups in total. The quantitative estimate of drug-likeness (QED) is 0.765. The number of hydrogen-bond acceptors (Lipinski definition) is 3. The average Bonchev–Trinajstić information content (AvgIpc) is 2.26. The number of aliphatic hydroxyl groups excluding tert-OH is 1. The molecule has 1 aromatic carbocycles. The monoisotopic (exact) mass is 206 g/mol. The highest BCUT2D eigenvalue weighted by Crippen LogP contribution is 2.12. The number of carbonyl (C=O) groups is 1. The molecule has 3 heteroatoms. The Hall–Kier alpha value is -1.61. The SMILES string of the molecule is C=C(C)c1ccc(C(=O)OCCO)cc1. The molecule has 0 bridgehead atoms. The molecule has 0 atom stereocenters. The van der Waals surface area contributed by atoms with Crippen LogP contribution < -0.4 is 0 Å². The first-order valence-electron chi connectivity index (χ1n) is 4.69. The van der Waals surface area contributed by atoms with Gasteiger partial charge >= 0.3 is 5.97 Å². The third-order valence-corrected chi connectivity index (χ3v) is 1.94. The normalized spacial score (nSPS) is 9.73. The molecular formula is C12H14O3. The minimum Gasteiger partial charge on any atom is -0.460 e. The fourth-order valence-corrected chi connectivity index (χ4v) is 1.11. The van der Waals surface area contributed by atoms with Crippen molar-refractivity contribution in [3.63, 3.8) is 0 Å². The first kappa shape index (κ1) is 11.5. The van der Waals surface area contributed by atoms with E-state index >= 15 is 0 Å². The van der Waals surface area contributed by atoms with Crippen molar-refractivity contribution in [3.8, 4) is 0 Å². The number of ether oxygens (including phenoxy) is 1. The van der Waals surface area contributed by atoms with Gasteiger partial charge in [-0.15, -0.1) is 0 Å². The van der Waals surface area contributed by atoms with Gasteiger partial charge in [0.1, 0.15) is 6.61 Å². The molecular weight excluding hydrogens is 192 g/mol. The van der Waals surface area contributed by atoms with Crippen molar-refractivity contribution in [2.75, 3.05) is 13.2 Å². The lowest BCUT2D eigenvalue weighted by molar-refractivity contribution is 0.0434. The number of esters is 1. The number of rotatable bonds is 4. The molecule has 1 rings (SSSR count). The van der Waals surface area contributed by atoms with Crippen LogP contribution in [-0.2, 0) is 4.74 Å². The van der Waals surface area contributed by atoms with E-state index in [1.807, 2.05) is 19.1 Å². The fraction of sp³-hybridized carbons (Fsp3) is 0.250. The van der Waals surface area contributed by atoms with Gasteiger partial charge in [0, 0.05) is 0 Å². The lowest BCUT2D eigenvalue weighted by Gasteiger charge is -2.04. The van der Waals surface area contributed by atoms with Crippen LogP contribution >= 0.6 is 0 Å². The number of hydrogen-bond donors (Lipinski definition) is 1. The summed E-state index contributed by atoms with van der Waals surface area (Å²) in [6, 6.07) is 7.00. The third-order valence-electron chi connectivity index (χ3n) is 1.94. The van der Waals surface area contributed by atoms with Crippen molar-refractivity contribution in [1.82, 2.24) is 0 Å². The van der Waals surface area contributed by atoms with Crippen LogP contribution in [0.5, 0.6) is 0 Å². The number of aliphatic hydroxyl groups is 1. The van der Waals surface area contributed by atoms with E-state index in [1.54, 1.807) is 12.1 Å².